The van der Waals surface area contributed by atoms with Crippen LogP contribution in [0.2, 0.25) is 0 Å². The third kappa shape index (κ3) is 4.18. The van der Waals surface area contributed by atoms with Crippen LogP contribution in [0.1, 0.15) is 11.1 Å². The highest BCUT2D eigenvalue weighted by Crippen LogP contribution is 2.41. The predicted molar refractivity (Wildman–Crippen MR) is 118 cm³/mol. The molecule has 2 unspecified atom stereocenters. The highest BCUT2D eigenvalue weighted by Gasteiger charge is 2.49. The Kier molecular flexibility index (Phi) is 5.37. The molecule has 0 bridgehead atoms. The van der Waals surface area contributed by atoms with Crippen molar-refractivity contribution in [2.45, 2.75) is 24.6 Å². The Morgan fingerprint density at radius 1 is 1.21 bits per heavy atom. The van der Waals surface area contributed by atoms with E-state index in [2.05, 4.69) is 20.9 Å². The van der Waals surface area contributed by atoms with Crippen molar-refractivity contribution < 1.29 is 13.2 Å². The molecule has 2 heterocycles. The number of amides is 1. The van der Waals surface area contributed by atoms with E-state index in [4.69, 9.17) is 0 Å². The minimum absolute atomic E-state index is 0.0856. The van der Waals surface area contributed by atoms with Gasteiger partial charge in [-0.2, -0.15) is 4.99 Å². The second-order valence-electron chi connectivity index (χ2n) is 7.10. The number of aliphatic imine (C=N–C) groups is 1. The maximum atomic E-state index is 12.6. The Labute approximate surface area is 177 Å². The van der Waals surface area contributed by atoms with Crippen LogP contribution in [0.5, 0.6) is 0 Å². The first kappa shape index (κ1) is 19.7. The number of sulfone groups is 1. The quantitative estimate of drug-likeness (QED) is 0.673. The molecular weight excluding hydrogens is 460 g/mol. The maximum absolute atomic E-state index is 12.6. The van der Waals surface area contributed by atoms with Crippen LogP contribution in [0.15, 0.2) is 58.0 Å². The van der Waals surface area contributed by atoms with Gasteiger partial charge in [-0.3, -0.25) is 4.79 Å². The Balaban J connectivity index is 1.65. The van der Waals surface area contributed by atoms with Gasteiger partial charge in [-0.15, -0.1) is 0 Å². The maximum Gasteiger partial charge on any atom is 0.252 e. The third-order valence-electron chi connectivity index (χ3n) is 4.81. The molecule has 0 aliphatic carbocycles. The molecule has 0 aromatic heterocycles. The van der Waals surface area contributed by atoms with E-state index in [9.17, 15) is 13.2 Å². The van der Waals surface area contributed by atoms with Crippen LogP contribution >= 0.6 is 27.7 Å². The van der Waals surface area contributed by atoms with E-state index in [0.717, 1.165) is 21.3 Å². The topological polar surface area (TPSA) is 66.8 Å². The fourth-order valence-corrected chi connectivity index (χ4v) is 7.95. The lowest BCUT2D eigenvalue weighted by atomic mass is 10.1. The van der Waals surface area contributed by atoms with Gasteiger partial charge in [0.25, 0.3) is 5.91 Å². The summed E-state index contributed by atoms with van der Waals surface area (Å²) in [6.45, 7) is 1.99. The highest BCUT2D eigenvalue weighted by molar-refractivity contribution is 9.10. The highest BCUT2D eigenvalue weighted by atomic mass is 79.9. The fourth-order valence-electron chi connectivity index (χ4n) is 3.64. The second-order valence-corrected chi connectivity index (χ2v) is 11.4. The number of carbonyl (C=O) groups is 1. The zero-order valence-electron chi connectivity index (χ0n) is 15.2. The van der Waals surface area contributed by atoms with Crippen molar-refractivity contribution in [2.24, 2.45) is 4.99 Å². The molecule has 5 nitrogen and oxygen atoms in total. The van der Waals surface area contributed by atoms with Crippen LogP contribution < -0.4 is 4.90 Å². The number of anilines is 1. The number of thioether (sulfide) groups is 1. The Bertz CT molecular complexity index is 1070. The van der Waals surface area contributed by atoms with Gasteiger partial charge in [0.2, 0.25) is 0 Å². The zero-order chi connectivity index (χ0) is 19.9. The Hall–Kier alpha value is -1.64. The summed E-state index contributed by atoms with van der Waals surface area (Å²) in [5.41, 5.74) is 2.87. The summed E-state index contributed by atoms with van der Waals surface area (Å²) in [5, 5.41) is 0.482. The van der Waals surface area contributed by atoms with E-state index in [1.54, 1.807) is 0 Å². The molecule has 2 aromatic carbocycles. The van der Waals surface area contributed by atoms with E-state index < -0.39 is 9.84 Å². The summed E-state index contributed by atoms with van der Waals surface area (Å²) in [7, 11) is -3.08. The van der Waals surface area contributed by atoms with Crippen molar-refractivity contribution in [3.63, 3.8) is 0 Å². The lowest BCUT2D eigenvalue weighted by Crippen LogP contribution is -2.37. The first-order chi connectivity index (χ1) is 13.3. The van der Waals surface area contributed by atoms with Crippen molar-refractivity contribution in [1.29, 1.82) is 0 Å². The Morgan fingerprint density at radius 2 is 2.00 bits per heavy atom. The number of rotatable bonds is 3. The summed E-state index contributed by atoms with van der Waals surface area (Å²) in [6.07, 6.45) is 0.228. The molecule has 0 N–H and O–H groups in total. The zero-order valence-corrected chi connectivity index (χ0v) is 18.4. The van der Waals surface area contributed by atoms with E-state index in [1.165, 1.54) is 11.8 Å². The first-order valence-corrected chi connectivity index (χ1v) is 12.4. The minimum Gasteiger partial charge on any atom is -0.316 e. The van der Waals surface area contributed by atoms with Crippen LogP contribution in [-0.4, -0.2) is 42.3 Å². The van der Waals surface area contributed by atoms with Gasteiger partial charge in [0, 0.05) is 15.4 Å². The number of halogens is 1. The van der Waals surface area contributed by atoms with E-state index in [0.29, 0.717) is 5.17 Å². The number of aryl methyl sites for hydroxylation is 1. The summed E-state index contributed by atoms with van der Waals surface area (Å²) in [5.74, 6) is -0.0175. The van der Waals surface area contributed by atoms with Crippen LogP contribution in [0.3, 0.4) is 0 Å². The van der Waals surface area contributed by atoms with Crippen molar-refractivity contribution in [3.8, 4) is 0 Å². The first-order valence-electron chi connectivity index (χ1n) is 8.90. The summed E-state index contributed by atoms with van der Waals surface area (Å²) in [6, 6.07) is 15.3. The van der Waals surface area contributed by atoms with Gasteiger partial charge in [-0.1, -0.05) is 63.6 Å². The largest absolute Gasteiger partial charge is 0.316 e. The van der Waals surface area contributed by atoms with Gasteiger partial charge in [-0.05, 0) is 30.7 Å². The van der Waals surface area contributed by atoms with E-state index >= 15 is 0 Å². The summed E-state index contributed by atoms with van der Waals surface area (Å²) in [4.78, 5) is 18.9. The van der Waals surface area contributed by atoms with Crippen LogP contribution in [-0.2, 0) is 21.1 Å². The average Bonchev–Trinajstić information content (AvgIpc) is 3.05. The normalized spacial score (nSPS) is 24.5. The number of fused-ring (bicyclic) bond motifs is 1. The summed E-state index contributed by atoms with van der Waals surface area (Å²) >= 11 is 4.86. The molecule has 0 spiro atoms. The fraction of sp³-hybridized carbons (Fsp3) is 0.300. The standard InChI is InChI=1S/C20H19BrN2O3S2/c1-13-4-2-5-14(8-13)9-19(24)22-20-23(16-7-3-6-15(21)10-16)17-11-28(25,26)12-18(17)27-20/h2-8,10,17-18H,9,11-12H2,1H3. The number of carbonyl (C=O) groups excluding carboxylic acids is 1. The molecule has 4 rings (SSSR count). The molecule has 146 valence electrons. The third-order valence-corrected chi connectivity index (χ3v) is 8.51. The number of hydrogen-bond acceptors (Lipinski definition) is 4. The SMILES string of the molecule is Cc1cccc(CC(=O)N=C2SC3CS(=O)(=O)CC3N2c2cccc(Br)c2)c1. The smallest absolute Gasteiger partial charge is 0.252 e. The van der Waals surface area contributed by atoms with Gasteiger partial charge < -0.3 is 4.90 Å². The molecule has 0 radical (unpaired) electrons. The van der Waals surface area contributed by atoms with Crippen LogP contribution in [0.25, 0.3) is 0 Å². The number of nitrogens with zero attached hydrogens (tertiary/aromatic N) is 2. The molecule has 2 aromatic rings. The molecule has 8 heteroatoms. The lowest BCUT2D eigenvalue weighted by molar-refractivity contribution is -0.117. The molecule has 1 amide bonds. The Morgan fingerprint density at radius 3 is 2.75 bits per heavy atom. The monoisotopic (exact) mass is 478 g/mol. The lowest BCUT2D eigenvalue weighted by Gasteiger charge is -2.24. The van der Waals surface area contributed by atoms with Gasteiger partial charge in [0.15, 0.2) is 15.0 Å². The van der Waals surface area contributed by atoms with Gasteiger partial charge in [0.05, 0.1) is 24.0 Å². The number of benzene rings is 2. The van der Waals surface area contributed by atoms with E-state index in [-0.39, 0.29) is 35.1 Å². The van der Waals surface area contributed by atoms with Gasteiger partial charge in [0.1, 0.15) is 0 Å². The van der Waals surface area contributed by atoms with E-state index in [1.807, 2.05) is 60.4 Å². The molecule has 2 atom stereocenters. The average molecular weight is 479 g/mol. The van der Waals surface area contributed by atoms with Crippen molar-refractivity contribution in [1.82, 2.24) is 0 Å². The number of amidine groups is 1. The molecular formula is C20H19BrN2O3S2. The molecule has 2 fully saturated rings. The molecule has 28 heavy (non-hydrogen) atoms. The van der Waals surface area contributed by atoms with Crippen molar-refractivity contribution in [3.05, 3.63) is 64.1 Å². The predicted octanol–water partition coefficient (Wildman–Crippen LogP) is 3.60. The molecule has 2 aliphatic heterocycles. The van der Waals surface area contributed by atoms with Crippen LogP contribution in [0, 0.1) is 6.92 Å². The summed E-state index contributed by atoms with van der Waals surface area (Å²) < 4.78 is 25.2. The van der Waals surface area contributed by atoms with Gasteiger partial charge >= 0.3 is 0 Å². The molecule has 0 saturated carbocycles. The van der Waals surface area contributed by atoms with Crippen molar-refractivity contribution >= 4 is 54.3 Å². The number of hydrogen-bond donors (Lipinski definition) is 0. The second kappa shape index (κ2) is 7.65. The minimum atomic E-state index is -3.08. The van der Waals surface area contributed by atoms with Crippen molar-refractivity contribution in [2.75, 3.05) is 16.4 Å². The molecule has 2 aliphatic rings. The molecule has 2 saturated heterocycles. The van der Waals surface area contributed by atoms with Crippen LogP contribution in [0.4, 0.5) is 5.69 Å². The van der Waals surface area contributed by atoms with Gasteiger partial charge in [-0.25, -0.2) is 8.42 Å².